The number of hydrogen-bond acceptors (Lipinski definition) is 3. The number of nitrogens with one attached hydrogen (secondary N) is 1. The highest BCUT2D eigenvalue weighted by Gasteiger charge is 2.04. The molecule has 1 amide bonds. The van der Waals surface area contributed by atoms with E-state index in [0.717, 1.165) is 18.6 Å². The molecular formula is C16H17N3O. The smallest absolute Gasteiger partial charge is 0.267 e. The number of rotatable bonds is 5. The van der Waals surface area contributed by atoms with Crippen LogP contribution in [0.15, 0.2) is 60.0 Å². The van der Waals surface area contributed by atoms with Crippen LogP contribution in [-0.2, 0) is 6.42 Å². The van der Waals surface area contributed by atoms with Crippen molar-refractivity contribution in [1.29, 1.82) is 0 Å². The summed E-state index contributed by atoms with van der Waals surface area (Å²) in [7, 11) is 0. The normalized spacial score (nSPS) is 11.2. The van der Waals surface area contributed by atoms with Crippen LogP contribution >= 0.6 is 0 Å². The van der Waals surface area contributed by atoms with Gasteiger partial charge in [0.2, 0.25) is 0 Å². The van der Waals surface area contributed by atoms with Crippen LogP contribution < -0.4 is 5.43 Å². The van der Waals surface area contributed by atoms with E-state index in [1.54, 1.807) is 24.5 Å². The van der Waals surface area contributed by atoms with E-state index in [0.29, 0.717) is 5.56 Å². The van der Waals surface area contributed by atoms with E-state index < -0.39 is 0 Å². The lowest BCUT2D eigenvalue weighted by Crippen LogP contribution is -2.20. The van der Waals surface area contributed by atoms with E-state index in [4.69, 9.17) is 0 Å². The quantitative estimate of drug-likeness (QED) is 0.669. The molecule has 2 rings (SSSR count). The Labute approximate surface area is 118 Å². The van der Waals surface area contributed by atoms with Crippen LogP contribution in [0.3, 0.4) is 0 Å². The molecule has 0 saturated heterocycles. The molecule has 102 valence electrons. The summed E-state index contributed by atoms with van der Waals surface area (Å²) in [5.74, 6) is -0.216. The highest BCUT2D eigenvalue weighted by Crippen LogP contribution is 2.03. The molecule has 1 heterocycles. The van der Waals surface area contributed by atoms with Crippen LogP contribution in [0, 0.1) is 0 Å². The lowest BCUT2D eigenvalue weighted by atomic mass is 10.1. The molecule has 0 atom stereocenters. The van der Waals surface area contributed by atoms with Gasteiger partial charge < -0.3 is 0 Å². The third kappa shape index (κ3) is 4.02. The predicted octanol–water partition coefficient (Wildman–Crippen LogP) is 2.82. The molecule has 20 heavy (non-hydrogen) atoms. The van der Waals surface area contributed by atoms with Crippen molar-refractivity contribution in [2.75, 3.05) is 0 Å². The van der Waals surface area contributed by atoms with Gasteiger partial charge in [-0.25, -0.2) is 5.43 Å². The van der Waals surface area contributed by atoms with Crippen molar-refractivity contribution in [3.05, 3.63) is 66.0 Å². The molecule has 0 aliphatic heterocycles. The molecule has 0 aliphatic rings. The molecule has 1 N–H and O–H groups in total. The molecule has 0 bridgehead atoms. The summed E-state index contributed by atoms with van der Waals surface area (Å²) >= 11 is 0. The lowest BCUT2D eigenvalue weighted by Gasteiger charge is -2.05. The molecule has 2 aromatic rings. The van der Waals surface area contributed by atoms with E-state index in [1.165, 1.54) is 5.56 Å². The van der Waals surface area contributed by atoms with Gasteiger partial charge in [0.1, 0.15) is 0 Å². The predicted molar refractivity (Wildman–Crippen MR) is 79.6 cm³/mol. The van der Waals surface area contributed by atoms with Crippen LogP contribution in [-0.4, -0.2) is 16.6 Å². The van der Waals surface area contributed by atoms with Crippen LogP contribution in [0.2, 0.25) is 0 Å². The summed E-state index contributed by atoms with van der Waals surface area (Å²) in [4.78, 5) is 15.8. The van der Waals surface area contributed by atoms with Gasteiger partial charge in [-0.2, -0.15) is 5.10 Å². The maximum Gasteiger partial charge on any atom is 0.271 e. The van der Waals surface area contributed by atoms with Crippen molar-refractivity contribution in [1.82, 2.24) is 10.4 Å². The summed E-state index contributed by atoms with van der Waals surface area (Å²) in [6.45, 7) is 2.03. The van der Waals surface area contributed by atoms with Gasteiger partial charge in [0, 0.05) is 30.1 Å². The molecule has 0 spiro atoms. The van der Waals surface area contributed by atoms with Crippen LogP contribution in [0.5, 0.6) is 0 Å². The minimum Gasteiger partial charge on any atom is -0.267 e. The van der Waals surface area contributed by atoms with Gasteiger partial charge in [0.05, 0.1) is 0 Å². The minimum absolute atomic E-state index is 0.216. The van der Waals surface area contributed by atoms with Gasteiger partial charge >= 0.3 is 0 Å². The van der Waals surface area contributed by atoms with Crippen LogP contribution in [0.4, 0.5) is 0 Å². The zero-order chi connectivity index (χ0) is 14.2. The van der Waals surface area contributed by atoms with Crippen molar-refractivity contribution >= 4 is 11.6 Å². The number of carbonyl (C=O) groups excluding carboxylic acids is 1. The largest absolute Gasteiger partial charge is 0.271 e. The van der Waals surface area contributed by atoms with Crippen molar-refractivity contribution in [3.63, 3.8) is 0 Å². The average molecular weight is 267 g/mol. The Morgan fingerprint density at radius 3 is 2.50 bits per heavy atom. The number of amides is 1. The first-order valence-corrected chi connectivity index (χ1v) is 6.59. The van der Waals surface area contributed by atoms with Gasteiger partial charge in [-0.05, 0) is 24.1 Å². The van der Waals surface area contributed by atoms with Gasteiger partial charge in [-0.3, -0.25) is 9.78 Å². The Morgan fingerprint density at radius 2 is 1.85 bits per heavy atom. The molecule has 1 aromatic heterocycles. The molecule has 1 aromatic carbocycles. The van der Waals surface area contributed by atoms with Crippen molar-refractivity contribution in [2.24, 2.45) is 5.10 Å². The second-order valence-corrected chi connectivity index (χ2v) is 4.37. The highest BCUT2D eigenvalue weighted by molar-refractivity contribution is 5.95. The standard InChI is InChI=1S/C16H17N3O/c1-2-15(12-13-6-4-3-5-7-13)18-19-16(20)14-8-10-17-11-9-14/h3-11H,2,12H2,1H3,(H,19,20). The van der Waals surface area contributed by atoms with Gasteiger partial charge in [0.15, 0.2) is 0 Å². The Balaban J connectivity index is 1.99. The van der Waals surface area contributed by atoms with Gasteiger partial charge in [-0.1, -0.05) is 37.3 Å². The maximum atomic E-state index is 11.9. The van der Waals surface area contributed by atoms with E-state index in [9.17, 15) is 4.79 Å². The molecule has 0 fully saturated rings. The number of aromatic nitrogens is 1. The second kappa shape index (κ2) is 7.19. The first kappa shape index (κ1) is 13.9. The minimum atomic E-state index is -0.216. The van der Waals surface area contributed by atoms with E-state index >= 15 is 0 Å². The average Bonchev–Trinajstić information content (AvgIpc) is 2.53. The third-order valence-corrected chi connectivity index (χ3v) is 2.92. The number of pyridine rings is 1. The number of nitrogens with zero attached hydrogens (tertiary/aromatic N) is 2. The van der Waals surface area contributed by atoms with Crippen LogP contribution in [0.25, 0.3) is 0 Å². The summed E-state index contributed by atoms with van der Waals surface area (Å²) < 4.78 is 0. The van der Waals surface area contributed by atoms with Crippen molar-refractivity contribution in [3.8, 4) is 0 Å². The topological polar surface area (TPSA) is 54.4 Å². The number of benzene rings is 1. The Hall–Kier alpha value is -2.49. The van der Waals surface area contributed by atoms with E-state index in [-0.39, 0.29) is 5.91 Å². The van der Waals surface area contributed by atoms with Gasteiger partial charge in [-0.15, -0.1) is 0 Å². The number of carbonyl (C=O) groups is 1. The summed E-state index contributed by atoms with van der Waals surface area (Å²) in [6.07, 6.45) is 4.71. The van der Waals surface area contributed by atoms with Gasteiger partial charge in [0.25, 0.3) is 5.91 Å². The number of hydrogen-bond donors (Lipinski definition) is 1. The zero-order valence-corrected chi connectivity index (χ0v) is 11.4. The maximum absolute atomic E-state index is 11.9. The van der Waals surface area contributed by atoms with Crippen molar-refractivity contribution in [2.45, 2.75) is 19.8 Å². The van der Waals surface area contributed by atoms with E-state index in [1.807, 2.05) is 25.1 Å². The molecule has 0 radical (unpaired) electrons. The Morgan fingerprint density at radius 1 is 1.15 bits per heavy atom. The lowest BCUT2D eigenvalue weighted by molar-refractivity contribution is 0.0954. The first-order valence-electron chi connectivity index (χ1n) is 6.59. The molecule has 0 aliphatic carbocycles. The number of hydrazone groups is 1. The second-order valence-electron chi connectivity index (χ2n) is 4.37. The monoisotopic (exact) mass is 267 g/mol. The fraction of sp³-hybridized carbons (Fsp3) is 0.188. The zero-order valence-electron chi connectivity index (χ0n) is 11.4. The summed E-state index contributed by atoms with van der Waals surface area (Å²) in [5, 5.41) is 4.21. The third-order valence-electron chi connectivity index (χ3n) is 2.92. The fourth-order valence-corrected chi connectivity index (χ4v) is 1.77. The molecule has 4 heteroatoms. The first-order chi connectivity index (χ1) is 9.79. The molecule has 4 nitrogen and oxygen atoms in total. The molecule has 0 saturated carbocycles. The Bertz CT molecular complexity index is 579. The fourth-order valence-electron chi connectivity index (χ4n) is 1.77. The summed E-state index contributed by atoms with van der Waals surface area (Å²) in [6, 6.07) is 13.4. The highest BCUT2D eigenvalue weighted by atomic mass is 16.2. The molecule has 0 unspecified atom stereocenters. The molecular weight excluding hydrogens is 250 g/mol. The summed E-state index contributed by atoms with van der Waals surface area (Å²) in [5.41, 5.74) is 5.28. The Kier molecular flexibility index (Phi) is 5.00. The van der Waals surface area contributed by atoms with E-state index in [2.05, 4.69) is 27.6 Å². The van der Waals surface area contributed by atoms with Crippen molar-refractivity contribution < 1.29 is 4.79 Å². The SMILES string of the molecule is CCC(Cc1ccccc1)=NNC(=O)c1ccncc1. The van der Waals surface area contributed by atoms with Crippen LogP contribution in [0.1, 0.15) is 29.3 Å².